The van der Waals surface area contributed by atoms with Crippen LogP contribution in [0.15, 0.2) is 72.8 Å². The lowest BCUT2D eigenvalue weighted by molar-refractivity contribution is 0.154. The van der Waals surface area contributed by atoms with Crippen LogP contribution in [0.25, 0.3) is 0 Å². The van der Waals surface area contributed by atoms with Gasteiger partial charge < -0.3 is 15.2 Å². The van der Waals surface area contributed by atoms with Crippen molar-refractivity contribution in [3.8, 4) is 0 Å². The summed E-state index contributed by atoms with van der Waals surface area (Å²) in [6, 6.07) is 21.8. The van der Waals surface area contributed by atoms with Crippen LogP contribution in [0.5, 0.6) is 0 Å². The first kappa shape index (κ1) is 26.6. The van der Waals surface area contributed by atoms with Crippen molar-refractivity contribution in [2.45, 2.75) is 46.5 Å². The highest BCUT2D eigenvalue weighted by molar-refractivity contribution is 5.98. The minimum Gasteiger partial charge on any atom is -0.449 e. The van der Waals surface area contributed by atoms with Crippen molar-refractivity contribution in [2.75, 3.05) is 28.7 Å². The summed E-state index contributed by atoms with van der Waals surface area (Å²) in [4.78, 5) is 29.1. The van der Waals surface area contributed by atoms with Gasteiger partial charge in [0.2, 0.25) is 0 Å². The summed E-state index contributed by atoms with van der Waals surface area (Å²) in [7, 11) is 0. The first-order valence-corrected chi connectivity index (χ1v) is 12.4. The van der Waals surface area contributed by atoms with E-state index in [9.17, 15) is 9.59 Å². The van der Waals surface area contributed by atoms with Crippen LogP contribution in [0.1, 0.15) is 45.1 Å². The number of aryl methyl sites for hydroxylation is 1. The molecule has 0 atom stereocenters. The van der Waals surface area contributed by atoms with Crippen molar-refractivity contribution in [3.63, 3.8) is 0 Å². The van der Waals surface area contributed by atoms with Gasteiger partial charge in [-0.1, -0.05) is 44.4 Å². The van der Waals surface area contributed by atoms with Crippen molar-refractivity contribution >= 4 is 40.6 Å². The van der Waals surface area contributed by atoms with Gasteiger partial charge in [-0.25, -0.2) is 19.4 Å². The minimum absolute atomic E-state index is 0.337. The van der Waals surface area contributed by atoms with Gasteiger partial charge in [-0.05, 0) is 80.4 Å². The molecule has 0 aliphatic rings. The first-order chi connectivity index (χ1) is 17.4. The molecule has 0 unspecified atom stereocenters. The summed E-state index contributed by atoms with van der Waals surface area (Å²) in [5.74, 6) is 0. The second-order valence-corrected chi connectivity index (χ2v) is 8.55. The number of nitrogens with two attached hydrogens (primary N) is 1. The summed E-state index contributed by atoms with van der Waals surface area (Å²) in [6.45, 7) is 6.77. The molecule has 3 rings (SSSR count). The molecule has 36 heavy (non-hydrogen) atoms. The highest BCUT2D eigenvalue weighted by Gasteiger charge is 2.23. The molecule has 0 aromatic heterocycles. The molecule has 0 spiro atoms. The zero-order chi connectivity index (χ0) is 25.9. The van der Waals surface area contributed by atoms with Crippen LogP contribution < -0.4 is 15.5 Å². The third-order valence-corrected chi connectivity index (χ3v) is 5.62. The molecule has 0 saturated heterocycles. The molecule has 0 fully saturated rings. The summed E-state index contributed by atoms with van der Waals surface area (Å²) >= 11 is 0. The molecule has 0 bridgehead atoms. The first-order valence-electron chi connectivity index (χ1n) is 12.4. The van der Waals surface area contributed by atoms with Gasteiger partial charge in [0.05, 0.1) is 36.0 Å². The smallest absolute Gasteiger partial charge is 0.418 e. The number of ether oxygens (including phenoxy) is 2. The lowest BCUT2D eigenvalue weighted by atomic mass is 10.2. The fraction of sp³-hybridized carbons (Fsp3) is 0.310. The number of anilines is 5. The maximum atomic E-state index is 13.0. The van der Waals surface area contributed by atoms with Gasteiger partial charge in [0.25, 0.3) is 0 Å². The molecule has 0 saturated carbocycles. The number of carbonyl (C=O) groups is 2. The van der Waals surface area contributed by atoms with Gasteiger partial charge >= 0.3 is 12.2 Å². The van der Waals surface area contributed by atoms with Crippen LogP contribution in [0.4, 0.5) is 38.0 Å². The summed E-state index contributed by atoms with van der Waals surface area (Å²) in [6.07, 6.45) is 2.51. The van der Waals surface area contributed by atoms with Gasteiger partial charge in [0.1, 0.15) is 0 Å². The highest BCUT2D eigenvalue weighted by Crippen LogP contribution is 2.32. The third-order valence-electron chi connectivity index (χ3n) is 5.62. The van der Waals surface area contributed by atoms with Crippen LogP contribution in [0, 0.1) is 6.92 Å². The number of nitrogens with zero attached hydrogens (tertiary/aromatic N) is 2. The standard InChI is InChI=1S/C29H35N3O4/c1-4-6-20-35-28(33)31(24-12-8-22(3)9-13-24)26-16-18-27(19-17-26)32(29(34)36-21-7-5-2)25-14-10-23(30)11-15-25/h8-19H,4-7,20-21,30H2,1-3H3. The Morgan fingerprint density at radius 3 is 1.33 bits per heavy atom. The number of unbranched alkanes of at least 4 members (excludes halogenated alkanes) is 2. The molecule has 190 valence electrons. The van der Waals surface area contributed by atoms with Crippen LogP contribution in [-0.4, -0.2) is 25.4 Å². The van der Waals surface area contributed by atoms with E-state index in [0.29, 0.717) is 41.7 Å². The molecule has 7 heteroatoms. The van der Waals surface area contributed by atoms with Crippen LogP contribution in [0.3, 0.4) is 0 Å². The average molecular weight is 490 g/mol. The summed E-state index contributed by atoms with van der Waals surface area (Å²) in [5, 5.41) is 0. The Kier molecular flexibility index (Phi) is 9.74. The Hall–Kier alpha value is -4.00. The molecule has 0 aliphatic carbocycles. The Balaban J connectivity index is 1.93. The van der Waals surface area contributed by atoms with E-state index < -0.39 is 12.2 Å². The maximum Gasteiger partial charge on any atom is 0.418 e. The summed E-state index contributed by atoms with van der Waals surface area (Å²) < 4.78 is 11.0. The van der Waals surface area contributed by atoms with Gasteiger partial charge in [-0.3, -0.25) is 0 Å². The molecule has 7 nitrogen and oxygen atoms in total. The van der Waals surface area contributed by atoms with E-state index in [1.807, 2.05) is 45.0 Å². The normalized spacial score (nSPS) is 10.5. The zero-order valence-electron chi connectivity index (χ0n) is 21.3. The lowest BCUT2D eigenvalue weighted by Crippen LogP contribution is -2.28. The van der Waals surface area contributed by atoms with Crippen molar-refractivity contribution in [2.24, 2.45) is 0 Å². The van der Waals surface area contributed by atoms with E-state index in [1.54, 1.807) is 48.5 Å². The second-order valence-electron chi connectivity index (χ2n) is 8.55. The minimum atomic E-state index is -0.477. The summed E-state index contributed by atoms with van der Waals surface area (Å²) in [5.41, 5.74) is 10.1. The molecule has 0 heterocycles. The largest absolute Gasteiger partial charge is 0.449 e. The molecule has 2 N–H and O–H groups in total. The fourth-order valence-electron chi connectivity index (χ4n) is 3.52. The van der Waals surface area contributed by atoms with Gasteiger partial charge in [0.15, 0.2) is 0 Å². The molecular formula is C29H35N3O4. The Morgan fingerprint density at radius 1 is 0.639 bits per heavy atom. The SMILES string of the molecule is CCCCOC(=O)N(c1ccc(C)cc1)c1ccc(N(C(=O)OCCCC)c2ccc(N)cc2)cc1. The fourth-order valence-corrected chi connectivity index (χ4v) is 3.52. The third kappa shape index (κ3) is 7.01. The van der Waals surface area contributed by atoms with Crippen LogP contribution in [0.2, 0.25) is 0 Å². The number of hydrogen-bond donors (Lipinski definition) is 1. The predicted molar refractivity (Wildman–Crippen MR) is 145 cm³/mol. The molecule has 3 aromatic carbocycles. The van der Waals surface area contributed by atoms with Crippen molar-refractivity contribution in [3.05, 3.63) is 78.4 Å². The van der Waals surface area contributed by atoms with Crippen molar-refractivity contribution in [1.29, 1.82) is 0 Å². The topological polar surface area (TPSA) is 85.1 Å². The van der Waals surface area contributed by atoms with Gasteiger partial charge in [-0.15, -0.1) is 0 Å². The lowest BCUT2D eigenvalue weighted by Gasteiger charge is -2.25. The highest BCUT2D eigenvalue weighted by atomic mass is 16.6. The predicted octanol–water partition coefficient (Wildman–Crippen LogP) is 7.73. The van der Waals surface area contributed by atoms with Crippen LogP contribution in [-0.2, 0) is 9.47 Å². The Morgan fingerprint density at radius 2 is 0.972 bits per heavy atom. The Bertz CT molecular complexity index is 1020. The molecule has 3 aromatic rings. The van der Waals surface area contributed by atoms with Gasteiger partial charge in [0, 0.05) is 5.69 Å². The van der Waals surface area contributed by atoms with E-state index in [4.69, 9.17) is 15.2 Å². The number of carbonyl (C=O) groups excluding carboxylic acids is 2. The van der Waals surface area contributed by atoms with E-state index in [-0.39, 0.29) is 0 Å². The van der Waals surface area contributed by atoms with E-state index >= 15 is 0 Å². The van der Waals surface area contributed by atoms with Crippen molar-refractivity contribution < 1.29 is 19.1 Å². The molecule has 0 radical (unpaired) electrons. The average Bonchev–Trinajstić information content (AvgIpc) is 2.88. The van der Waals surface area contributed by atoms with Crippen LogP contribution >= 0.6 is 0 Å². The number of nitrogen functional groups attached to an aromatic ring is 1. The van der Waals surface area contributed by atoms with Gasteiger partial charge in [-0.2, -0.15) is 0 Å². The maximum absolute atomic E-state index is 13.0. The van der Waals surface area contributed by atoms with E-state index in [0.717, 1.165) is 31.2 Å². The van der Waals surface area contributed by atoms with E-state index in [2.05, 4.69) is 0 Å². The second kappa shape index (κ2) is 13.2. The van der Waals surface area contributed by atoms with E-state index in [1.165, 1.54) is 9.80 Å². The molecular weight excluding hydrogens is 454 g/mol. The molecule has 2 amide bonds. The number of benzene rings is 3. The molecule has 0 aliphatic heterocycles. The number of amides is 2. The number of rotatable bonds is 10. The monoisotopic (exact) mass is 489 g/mol. The van der Waals surface area contributed by atoms with Crippen molar-refractivity contribution in [1.82, 2.24) is 0 Å². The quantitative estimate of drug-likeness (QED) is 0.233. The zero-order valence-corrected chi connectivity index (χ0v) is 21.3. The number of hydrogen-bond acceptors (Lipinski definition) is 5. The Labute approximate surface area is 213 Å².